The summed E-state index contributed by atoms with van der Waals surface area (Å²) < 4.78 is 7.26. The van der Waals surface area contributed by atoms with Crippen LogP contribution in [0.1, 0.15) is 0 Å². The van der Waals surface area contributed by atoms with Crippen molar-refractivity contribution in [3.63, 3.8) is 0 Å². The summed E-state index contributed by atoms with van der Waals surface area (Å²) in [4.78, 5) is 0. The van der Waals surface area contributed by atoms with Gasteiger partial charge in [0.25, 0.3) is 0 Å². The van der Waals surface area contributed by atoms with Crippen LogP contribution in [0, 0.1) is 0 Å². The summed E-state index contributed by atoms with van der Waals surface area (Å²) in [6.07, 6.45) is 0. The monoisotopic (exact) mass is 374 g/mol. The molecule has 4 heteroatoms. The van der Waals surface area contributed by atoms with Crippen LogP contribution in [0.5, 0.6) is 5.75 Å². The zero-order valence-corrected chi connectivity index (χ0v) is 15.9. The van der Waals surface area contributed by atoms with Gasteiger partial charge in [-0.1, -0.05) is 66.2 Å². The van der Waals surface area contributed by atoms with Crippen LogP contribution in [0.3, 0.4) is 0 Å². The van der Waals surface area contributed by atoms with Crippen LogP contribution in [-0.2, 0) is 7.05 Å². The summed E-state index contributed by atoms with van der Waals surface area (Å²) in [7, 11) is 3.66. The number of nitrogens with zero attached hydrogens (tertiary/aromatic N) is 2. The van der Waals surface area contributed by atoms with Gasteiger partial charge in [-0.2, -0.15) is 5.10 Å². The number of benzene rings is 3. The van der Waals surface area contributed by atoms with Crippen LogP contribution in [0.2, 0.25) is 5.02 Å². The topological polar surface area (TPSA) is 27.1 Å². The zero-order chi connectivity index (χ0) is 18.8. The van der Waals surface area contributed by atoms with E-state index in [1.807, 2.05) is 66.3 Å². The van der Waals surface area contributed by atoms with E-state index in [4.69, 9.17) is 21.4 Å². The van der Waals surface area contributed by atoms with Gasteiger partial charge in [-0.25, -0.2) is 0 Å². The molecule has 134 valence electrons. The van der Waals surface area contributed by atoms with Crippen LogP contribution < -0.4 is 4.74 Å². The first-order valence-electron chi connectivity index (χ1n) is 8.70. The number of rotatable bonds is 4. The molecule has 0 aliphatic rings. The Hall–Kier alpha value is -3.04. The van der Waals surface area contributed by atoms with Crippen LogP contribution in [0.4, 0.5) is 0 Å². The van der Waals surface area contributed by atoms with Gasteiger partial charge in [-0.05, 0) is 29.8 Å². The van der Waals surface area contributed by atoms with Crippen molar-refractivity contribution in [2.75, 3.05) is 7.11 Å². The third-order valence-electron chi connectivity index (χ3n) is 4.59. The third-order valence-corrected chi connectivity index (χ3v) is 4.84. The SMILES string of the molecule is COc1ccc(-c2c(-c3ccc(Cl)cc3)nn(C)c2-c2ccccc2)cc1. The van der Waals surface area contributed by atoms with Crippen LogP contribution >= 0.6 is 11.6 Å². The summed E-state index contributed by atoms with van der Waals surface area (Å²) in [6.45, 7) is 0. The highest BCUT2D eigenvalue weighted by Crippen LogP contribution is 2.40. The van der Waals surface area contributed by atoms with E-state index in [2.05, 4.69) is 24.3 Å². The van der Waals surface area contributed by atoms with E-state index in [0.29, 0.717) is 5.02 Å². The van der Waals surface area contributed by atoms with E-state index in [1.165, 1.54) is 0 Å². The minimum atomic E-state index is 0.712. The maximum absolute atomic E-state index is 6.08. The summed E-state index contributed by atoms with van der Waals surface area (Å²) in [5.74, 6) is 0.831. The van der Waals surface area contributed by atoms with E-state index < -0.39 is 0 Å². The maximum atomic E-state index is 6.08. The predicted molar refractivity (Wildman–Crippen MR) is 111 cm³/mol. The second-order valence-electron chi connectivity index (χ2n) is 6.30. The van der Waals surface area contributed by atoms with Gasteiger partial charge in [0.15, 0.2) is 0 Å². The quantitative estimate of drug-likeness (QED) is 0.432. The second kappa shape index (κ2) is 7.29. The number of aryl methyl sites for hydroxylation is 1. The number of ether oxygens (including phenoxy) is 1. The van der Waals surface area contributed by atoms with E-state index in [1.54, 1.807) is 7.11 Å². The predicted octanol–water partition coefficient (Wildman–Crippen LogP) is 6.08. The van der Waals surface area contributed by atoms with Crippen molar-refractivity contribution in [1.29, 1.82) is 0 Å². The number of hydrogen-bond acceptors (Lipinski definition) is 2. The molecule has 0 radical (unpaired) electrons. The molecule has 0 fully saturated rings. The Labute approximate surface area is 163 Å². The molecule has 0 saturated heterocycles. The largest absolute Gasteiger partial charge is 0.497 e. The molecule has 0 saturated carbocycles. The van der Waals surface area contributed by atoms with Gasteiger partial charge in [0, 0.05) is 28.8 Å². The number of halogens is 1. The number of methoxy groups -OCH3 is 1. The molecule has 0 N–H and O–H groups in total. The zero-order valence-electron chi connectivity index (χ0n) is 15.2. The molecule has 4 aromatic rings. The minimum Gasteiger partial charge on any atom is -0.497 e. The molecule has 0 aliphatic carbocycles. The fourth-order valence-electron chi connectivity index (χ4n) is 3.29. The Bertz CT molecular complexity index is 1050. The molecule has 0 spiro atoms. The van der Waals surface area contributed by atoms with E-state index in [-0.39, 0.29) is 0 Å². The molecule has 0 atom stereocenters. The lowest BCUT2D eigenvalue weighted by molar-refractivity contribution is 0.415. The first-order chi connectivity index (χ1) is 13.2. The average molecular weight is 375 g/mol. The van der Waals surface area contributed by atoms with Crippen molar-refractivity contribution in [3.05, 3.63) is 83.9 Å². The Kier molecular flexibility index (Phi) is 4.69. The van der Waals surface area contributed by atoms with Crippen molar-refractivity contribution < 1.29 is 4.74 Å². The van der Waals surface area contributed by atoms with E-state index in [0.717, 1.165) is 39.4 Å². The Balaban J connectivity index is 1.98. The minimum absolute atomic E-state index is 0.712. The molecule has 3 nitrogen and oxygen atoms in total. The molecule has 0 aliphatic heterocycles. The van der Waals surface area contributed by atoms with Crippen molar-refractivity contribution in [2.24, 2.45) is 7.05 Å². The summed E-state index contributed by atoms with van der Waals surface area (Å²) >= 11 is 6.08. The molecule has 0 unspecified atom stereocenters. The van der Waals surface area contributed by atoms with Gasteiger partial charge < -0.3 is 4.74 Å². The summed E-state index contributed by atoms with van der Waals surface area (Å²) in [5, 5.41) is 5.56. The Morgan fingerprint density at radius 1 is 0.778 bits per heavy atom. The average Bonchev–Trinajstić information content (AvgIpc) is 3.06. The van der Waals surface area contributed by atoms with Crippen molar-refractivity contribution in [1.82, 2.24) is 9.78 Å². The van der Waals surface area contributed by atoms with Crippen LogP contribution in [0.25, 0.3) is 33.6 Å². The van der Waals surface area contributed by atoms with Crippen LogP contribution in [-0.4, -0.2) is 16.9 Å². The lowest BCUT2D eigenvalue weighted by Crippen LogP contribution is -1.94. The fourth-order valence-corrected chi connectivity index (χ4v) is 3.42. The van der Waals surface area contributed by atoms with Gasteiger partial charge in [0.1, 0.15) is 11.4 Å². The van der Waals surface area contributed by atoms with Crippen molar-refractivity contribution >= 4 is 11.6 Å². The summed E-state index contributed by atoms with van der Waals surface area (Å²) in [5.41, 5.74) is 6.34. The Morgan fingerprint density at radius 2 is 1.41 bits per heavy atom. The number of hydrogen-bond donors (Lipinski definition) is 0. The second-order valence-corrected chi connectivity index (χ2v) is 6.73. The standard InChI is InChI=1S/C23H19ClN2O/c1-26-23(18-6-4-3-5-7-18)21(16-10-14-20(27-2)15-11-16)22(25-26)17-8-12-19(24)13-9-17/h3-15H,1-2H3. The molecule has 27 heavy (non-hydrogen) atoms. The number of aromatic nitrogens is 2. The Morgan fingerprint density at radius 3 is 2.04 bits per heavy atom. The van der Waals surface area contributed by atoms with Crippen LogP contribution in [0.15, 0.2) is 78.9 Å². The fraction of sp³-hybridized carbons (Fsp3) is 0.0870. The molecule has 1 heterocycles. The molecule has 0 bridgehead atoms. The van der Waals surface area contributed by atoms with Crippen molar-refractivity contribution in [3.8, 4) is 39.4 Å². The summed E-state index contributed by atoms with van der Waals surface area (Å²) in [6, 6.07) is 26.2. The molecule has 3 aromatic carbocycles. The third kappa shape index (κ3) is 3.34. The molecular formula is C23H19ClN2O. The molecular weight excluding hydrogens is 356 g/mol. The normalized spacial score (nSPS) is 10.8. The van der Waals surface area contributed by atoms with E-state index >= 15 is 0 Å². The lowest BCUT2D eigenvalue weighted by atomic mass is 9.96. The first kappa shape index (κ1) is 17.4. The highest BCUT2D eigenvalue weighted by atomic mass is 35.5. The molecule has 0 amide bonds. The highest BCUT2D eigenvalue weighted by molar-refractivity contribution is 6.30. The first-order valence-corrected chi connectivity index (χ1v) is 9.08. The maximum Gasteiger partial charge on any atom is 0.118 e. The molecule has 1 aromatic heterocycles. The van der Waals surface area contributed by atoms with Gasteiger partial charge in [0.05, 0.1) is 12.8 Å². The van der Waals surface area contributed by atoms with Gasteiger partial charge >= 0.3 is 0 Å². The highest BCUT2D eigenvalue weighted by Gasteiger charge is 2.20. The molecule has 4 rings (SSSR count). The smallest absolute Gasteiger partial charge is 0.118 e. The lowest BCUT2D eigenvalue weighted by Gasteiger charge is -2.09. The van der Waals surface area contributed by atoms with E-state index in [9.17, 15) is 0 Å². The van der Waals surface area contributed by atoms with Gasteiger partial charge in [0.2, 0.25) is 0 Å². The van der Waals surface area contributed by atoms with Crippen molar-refractivity contribution in [2.45, 2.75) is 0 Å². The van der Waals surface area contributed by atoms with Gasteiger partial charge in [-0.15, -0.1) is 0 Å². The van der Waals surface area contributed by atoms with Gasteiger partial charge in [-0.3, -0.25) is 4.68 Å².